The van der Waals surface area contributed by atoms with Crippen molar-refractivity contribution in [1.82, 2.24) is 0 Å². The smallest absolute Gasteiger partial charge is 0.335 e. The van der Waals surface area contributed by atoms with Crippen LogP contribution in [-0.2, 0) is 14.1 Å². The predicted octanol–water partition coefficient (Wildman–Crippen LogP) is 6.72. The third kappa shape index (κ3) is 5.75. The molecule has 3 aliphatic carbocycles. The Kier molecular flexibility index (Phi) is 8.55. The Hall–Kier alpha value is -1.50. The van der Waals surface area contributed by atoms with Crippen LogP contribution >= 0.6 is 7.49 Å². The van der Waals surface area contributed by atoms with Crippen LogP contribution in [0.3, 0.4) is 0 Å². The summed E-state index contributed by atoms with van der Waals surface area (Å²) in [6, 6.07) is 3.11. The molecule has 0 bridgehead atoms. The summed E-state index contributed by atoms with van der Waals surface area (Å²) in [5, 5.41) is 19.0. The fourth-order valence-electron chi connectivity index (χ4n) is 6.73. The number of carbonyl (C=O) groups is 2. The molecule has 0 aromatic heterocycles. The summed E-state index contributed by atoms with van der Waals surface area (Å²) >= 11 is 0. The van der Waals surface area contributed by atoms with E-state index in [4.69, 9.17) is 3.97 Å². The molecule has 3 fully saturated rings. The SMILES string of the molecule is O=C(O)c1cc(C(=O)O)cc(S(=O)(=O)O[P+](C2CCCCC2)(C2CCCCC2)C2CCCCC2)c1. The maximum absolute atomic E-state index is 13.9. The van der Waals surface area contributed by atoms with Crippen LogP contribution in [0.5, 0.6) is 0 Å². The highest BCUT2D eigenvalue weighted by atomic mass is 32.2. The lowest BCUT2D eigenvalue weighted by Crippen LogP contribution is -2.38. The predicted molar refractivity (Wildman–Crippen MR) is 136 cm³/mol. The summed E-state index contributed by atoms with van der Waals surface area (Å²) in [6.45, 7) is 0. The molecule has 4 rings (SSSR count). The van der Waals surface area contributed by atoms with Crippen molar-refractivity contribution in [2.75, 3.05) is 0 Å². The highest BCUT2D eigenvalue weighted by Crippen LogP contribution is 2.78. The van der Waals surface area contributed by atoms with Gasteiger partial charge in [0.2, 0.25) is 0 Å². The lowest BCUT2D eigenvalue weighted by Gasteiger charge is -2.45. The first-order valence-corrected chi connectivity index (χ1v) is 16.5. The molecule has 1 aromatic rings. The van der Waals surface area contributed by atoms with Crippen molar-refractivity contribution in [1.29, 1.82) is 0 Å². The Labute approximate surface area is 209 Å². The van der Waals surface area contributed by atoms with Gasteiger partial charge in [0.15, 0.2) is 7.49 Å². The average Bonchev–Trinajstić information content (AvgIpc) is 2.88. The average molecular weight is 526 g/mol. The first kappa shape index (κ1) is 26.6. The molecule has 35 heavy (non-hydrogen) atoms. The normalized spacial score (nSPS) is 21.6. The number of hydrogen-bond acceptors (Lipinski definition) is 5. The van der Waals surface area contributed by atoms with Crippen molar-refractivity contribution in [3.05, 3.63) is 29.3 Å². The summed E-state index contributed by atoms with van der Waals surface area (Å²) in [5.41, 5.74) is 0.0319. The van der Waals surface area contributed by atoms with Crippen LogP contribution < -0.4 is 0 Å². The highest BCUT2D eigenvalue weighted by molar-refractivity contribution is 7.94. The summed E-state index contributed by atoms with van der Waals surface area (Å²) in [5.74, 6) is -2.73. The minimum Gasteiger partial charge on any atom is -0.478 e. The lowest BCUT2D eigenvalue weighted by molar-refractivity contribution is 0.0696. The largest absolute Gasteiger partial charge is 0.478 e. The second-order valence-corrected chi connectivity index (χ2v) is 16.2. The van der Waals surface area contributed by atoms with Crippen molar-refractivity contribution in [3.8, 4) is 0 Å². The van der Waals surface area contributed by atoms with Crippen LogP contribution in [0.1, 0.15) is 117 Å². The molecule has 3 saturated carbocycles. The fraction of sp³-hybridized carbons (Fsp3) is 0.692. The second-order valence-electron chi connectivity index (χ2n) is 10.5. The van der Waals surface area contributed by atoms with Gasteiger partial charge in [-0.05, 0) is 95.2 Å². The zero-order valence-corrected chi connectivity index (χ0v) is 22.1. The molecule has 9 heteroatoms. The van der Waals surface area contributed by atoms with Gasteiger partial charge in [0.05, 0.1) is 33.0 Å². The quantitative estimate of drug-likeness (QED) is 0.362. The van der Waals surface area contributed by atoms with Gasteiger partial charge >= 0.3 is 22.1 Å². The minimum atomic E-state index is -4.36. The molecule has 0 unspecified atom stereocenters. The Morgan fingerprint density at radius 3 is 1.31 bits per heavy atom. The third-order valence-electron chi connectivity index (χ3n) is 8.35. The number of hydrogen-bond donors (Lipinski definition) is 2. The summed E-state index contributed by atoms with van der Waals surface area (Å²) < 4.78 is 34.5. The Bertz CT molecular complexity index is 942. The van der Waals surface area contributed by atoms with Crippen LogP contribution in [-0.4, -0.2) is 47.5 Å². The van der Waals surface area contributed by atoms with E-state index < -0.39 is 29.5 Å². The van der Waals surface area contributed by atoms with E-state index in [1.54, 1.807) is 0 Å². The molecule has 1 aromatic carbocycles. The van der Waals surface area contributed by atoms with E-state index in [-0.39, 0.29) is 33.0 Å². The highest BCUT2D eigenvalue weighted by Gasteiger charge is 2.62. The number of carboxylic acid groups (broad SMARTS) is 2. The van der Waals surface area contributed by atoms with Crippen molar-refractivity contribution in [2.45, 2.75) is 118 Å². The van der Waals surface area contributed by atoms with E-state index >= 15 is 0 Å². The number of benzene rings is 1. The topological polar surface area (TPSA) is 118 Å². The number of carboxylic acids is 2. The fourth-order valence-corrected chi connectivity index (χ4v) is 15.7. The molecule has 194 valence electrons. The van der Waals surface area contributed by atoms with E-state index in [9.17, 15) is 28.2 Å². The molecule has 0 atom stereocenters. The molecule has 0 amide bonds. The molecule has 0 saturated heterocycles. The van der Waals surface area contributed by atoms with Crippen LogP contribution in [0.25, 0.3) is 0 Å². The van der Waals surface area contributed by atoms with Gasteiger partial charge in [-0.1, -0.05) is 19.3 Å². The molecule has 7 nitrogen and oxygen atoms in total. The van der Waals surface area contributed by atoms with Crippen LogP contribution in [0.15, 0.2) is 23.1 Å². The van der Waals surface area contributed by atoms with Gasteiger partial charge < -0.3 is 10.2 Å². The maximum Gasteiger partial charge on any atom is 0.335 e. The van der Waals surface area contributed by atoms with Crippen LogP contribution in [0, 0.1) is 0 Å². The van der Waals surface area contributed by atoms with Gasteiger partial charge in [-0.2, -0.15) is 8.42 Å². The Morgan fingerprint density at radius 1 is 0.657 bits per heavy atom. The lowest BCUT2D eigenvalue weighted by atomic mass is 9.99. The standard InChI is InChI=1S/C26H37O7PS/c27-25(28)19-16-20(26(29)30)18-24(17-19)35(31,32)33-34(21-10-4-1-5-11-21,22-12-6-2-7-13-22)23-14-8-3-9-15-23/h16-18,21-23H,1-15H2,(H-,27,28,29,30)/p+1. The second kappa shape index (κ2) is 11.3. The van der Waals surface area contributed by atoms with E-state index in [1.165, 1.54) is 19.3 Å². The Morgan fingerprint density at radius 2 is 1.00 bits per heavy atom. The number of aromatic carboxylic acids is 2. The van der Waals surface area contributed by atoms with E-state index in [2.05, 4.69) is 0 Å². The maximum atomic E-state index is 13.9. The molecule has 0 heterocycles. The summed E-state index contributed by atoms with van der Waals surface area (Å²) in [6.07, 6.45) is 16.0. The molecule has 2 N–H and O–H groups in total. The van der Waals surface area contributed by atoms with E-state index in [0.29, 0.717) is 0 Å². The third-order valence-corrected chi connectivity index (χ3v) is 16.0. The molecule has 0 aliphatic heterocycles. The van der Waals surface area contributed by atoms with Crippen molar-refractivity contribution in [3.63, 3.8) is 0 Å². The first-order chi connectivity index (χ1) is 16.7. The van der Waals surface area contributed by atoms with Crippen LogP contribution in [0.4, 0.5) is 0 Å². The van der Waals surface area contributed by atoms with Gasteiger partial charge in [0.1, 0.15) is 0 Å². The van der Waals surface area contributed by atoms with E-state index in [0.717, 1.165) is 95.2 Å². The molecule has 3 aliphatic rings. The van der Waals surface area contributed by atoms with Gasteiger partial charge in [-0.3, -0.25) is 0 Å². The van der Waals surface area contributed by atoms with Gasteiger partial charge in [-0.25, -0.2) is 9.59 Å². The van der Waals surface area contributed by atoms with Crippen molar-refractivity contribution < 1.29 is 32.2 Å². The molecule has 0 spiro atoms. The monoisotopic (exact) mass is 525 g/mol. The van der Waals surface area contributed by atoms with Crippen molar-refractivity contribution >= 4 is 29.5 Å². The van der Waals surface area contributed by atoms with Crippen molar-refractivity contribution in [2.24, 2.45) is 0 Å². The van der Waals surface area contributed by atoms with E-state index in [1.807, 2.05) is 0 Å². The summed E-state index contributed by atoms with van der Waals surface area (Å²) in [7, 11) is -6.83. The zero-order valence-electron chi connectivity index (χ0n) is 20.4. The van der Waals surface area contributed by atoms with Crippen LogP contribution in [0.2, 0.25) is 0 Å². The van der Waals surface area contributed by atoms with Gasteiger partial charge in [0.25, 0.3) is 0 Å². The first-order valence-electron chi connectivity index (χ1n) is 13.2. The minimum absolute atomic E-state index is 0.249. The number of rotatable bonds is 8. The molecular weight excluding hydrogens is 487 g/mol. The van der Waals surface area contributed by atoms with Gasteiger partial charge in [0, 0.05) is 0 Å². The molecular formula is C26H38O7PS+. The summed E-state index contributed by atoms with van der Waals surface area (Å²) in [4.78, 5) is 23.0. The Balaban J connectivity index is 1.82. The molecule has 0 radical (unpaired) electrons. The zero-order chi connectivity index (χ0) is 25.1. The van der Waals surface area contributed by atoms with Gasteiger partial charge in [-0.15, -0.1) is 3.97 Å².